The van der Waals surface area contributed by atoms with E-state index in [1.165, 1.54) is 38.8 Å². The van der Waals surface area contributed by atoms with Gasteiger partial charge in [0, 0.05) is 18.6 Å². The van der Waals surface area contributed by atoms with Crippen LogP contribution in [0.15, 0.2) is 0 Å². The third kappa shape index (κ3) is 5.82. The monoisotopic (exact) mass is 243 g/mol. The van der Waals surface area contributed by atoms with Gasteiger partial charge in [-0.25, -0.2) is 0 Å². The van der Waals surface area contributed by atoms with E-state index in [0.717, 1.165) is 19.5 Å². The van der Waals surface area contributed by atoms with Crippen molar-refractivity contribution in [2.75, 3.05) is 32.8 Å². The standard InChI is InChI=1S/C9H19NO.C4H10N2/c1-2-3-6-10-7-4-5-9(10)8-11;5-4-1-2-6-3-4/h9,11H,2-8H2,1H3;4,6H,1-3,5H2/t9-;4-/m00/s1. The van der Waals surface area contributed by atoms with Crippen LogP contribution in [0.25, 0.3) is 0 Å². The predicted octanol–water partition coefficient (Wildman–Crippen LogP) is 0.550. The zero-order valence-electron chi connectivity index (χ0n) is 11.2. The van der Waals surface area contributed by atoms with E-state index < -0.39 is 0 Å². The quantitative estimate of drug-likeness (QED) is 0.675. The Hall–Kier alpha value is -0.160. The maximum absolute atomic E-state index is 8.99. The highest BCUT2D eigenvalue weighted by molar-refractivity contribution is 4.77. The predicted molar refractivity (Wildman–Crippen MR) is 72.1 cm³/mol. The largest absolute Gasteiger partial charge is 0.395 e. The maximum Gasteiger partial charge on any atom is 0.0586 e. The molecule has 2 aliphatic heterocycles. The Morgan fingerprint density at radius 2 is 2.24 bits per heavy atom. The first-order valence-corrected chi connectivity index (χ1v) is 7.09. The van der Waals surface area contributed by atoms with Crippen molar-refractivity contribution < 1.29 is 5.11 Å². The van der Waals surface area contributed by atoms with Crippen LogP contribution in [0.1, 0.15) is 39.0 Å². The molecule has 2 heterocycles. The van der Waals surface area contributed by atoms with Gasteiger partial charge in [0.15, 0.2) is 0 Å². The SMILES string of the molecule is CCCCN1CCC[C@H]1CO.N[C@H]1CCNC1. The van der Waals surface area contributed by atoms with Crippen molar-refractivity contribution in [3.63, 3.8) is 0 Å². The number of nitrogens with two attached hydrogens (primary N) is 1. The number of nitrogens with one attached hydrogen (secondary N) is 1. The van der Waals surface area contributed by atoms with Crippen LogP contribution in [-0.2, 0) is 0 Å². The van der Waals surface area contributed by atoms with Crippen LogP contribution >= 0.6 is 0 Å². The summed E-state index contributed by atoms with van der Waals surface area (Å²) in [7, 11) is 0. The molecule has 0 aromatic carbocycles. The number of hydrogen-bond donors (Lipinski definition) is 3. The molecule has 2 aliphatic rings. The molecule has 17 heavy (non-hydrogen) atoms. The summed E-state index contributed by atoms with van der Waals surface area (Å²) in [4.78, 5) is 2.42. The fourth-order valence-electron chi connectivity index (χ4n) is 2.43. The number of rotatable bonds is 4. The first kappa shape index (κ1) is 14.9. The Kier molecular flexibility index (Phi) is 7.77. The van der Waals surface area contributed by atoms with Crippen LogP contribution in [0.5, 0.6) is 0 Å². The number of hydrogen-bond acceptors (Lipinski definition) is 4. The molecule has 0 radical (unpaired) electrons. The molecule has 4 nitrogen and oxygen atoms in total. The molecule has 4 heteroatoms. The Morgan fingerprint density at radius 3 is 2.71 bits per heavy atom. The van der Waals surface area contributed by atoms with Crippen LogP contribution in [0.4, 0.5) is 0 Å². The second kappa shape index (κ2) is 8.86. The van der Waals surface area contributed by atoms with Crippen molar-refractivity contribution in [1.29, 1.82) is 0 Å². The van der Waals surface area contributed by atoms with E-state index in [1.807, 2.05) is 0 Å². The van der Waals surface area contributed by atoms with Crippen molar-refractivity contribution in [3.05, 3.63) is 0 Å². The van der Waals surface area contributed by atoms with Crippen molar-refractivity contribution in [1.82, 2.24) is 10.2 Å². The highest BCUT2D eigenvalue weighted by Gasteiger charge is 2.22. The minimum atomic E-state index is 0.351. The molecule has 0 aromatic heterocycles. The summed E-state index contributed by atoms with van der Waals surface area (Å²) in [5.74, 6) is 0. The Bertz CT molecular complexity index is 184. The van der Waals surface area contributed by atoms with Crippen LogP contribution in [0.3, 0.4) is 0 Å². The fraction of sp³-hybridized carbons (Fsp3) is 1.00. The second-order valence-electron chi connectivity index (χ2n) is 5.12. The van der Waals surface area contributed by atoms with Gasteiger partial charge in [-0.2, -0.15) is 0 Å². The summed E-state index contributed by atoms with van der Waals surface area (Å²) in [6.45, 7) is 7.07. The van der Waals surface area contributed by atoms with Crippen LogP contribution < -0.4 is 11.1 Å². The fourth-order valence-corrected chi connectivity index (χ4v) is 2.43. The molecule has 2 saturated heterocycles. The van der Waals surface area contributed by atoms with E-state index in [4.69, 9.17) is 10.8 Å². The summed E-state index contributed by atoms with van der Waals surface area (Å²) in [5.41, 5.74) is 5.47. The van der Waals surface area contributed by atoms with E-state index in [1.54, 1.807) is 0 Å². The lowest BCUT2D eigenvalue weighted by atomic mass is 10.2. The molecule has 0 aromatic rings. The molecule has 0 bridgehead atoms. The molecule has 4 N–H and O–H groups in total. The first-order chi connectivity index (χ1) is 8.27. The molecular weight excluding hydrogens is 214 g/mol. The third-order valence-corrected chi connectivity index (χ3v) is 3.61. The molecule has 2 atom stereocenters. The summed E-state index contributed by atoms with van der Waals surface area (Å²) in [6, 6.07) is 0.909. The number of unbranched alkanes of at least 4 members (excludes halogenated alkanes) is 1. The van der Waals surface area contributed by atoms with E-state index in [-0.39, 0.29) is 0 Å². The van der Waals surface area contributed by atoms with Gasteiger partial charge in [-0.15, -0.1) is 0 Å². The minimum absolute atomic E-state index is 0.351. The summed E-state index contributed by atoms with van der Waals surface area (Å²) >= 11 is 0. The molecule has 0 aliphatic carbocycles. The zero-order chi connectivity index (χ0) is 12.5. The van der Waals surface area contributed by atoms with Gasteiger partial charge in [-0.3, -0.25) is 4.90 Å². The summed E-state index contributed by atoms with van der Waals surface area (Å²) in [6.07, 6.45) is 6.15. The van der Waals surface area contributed by atoms with Gasteiger partial charge in [-0.05, 0) is 45.3 Å². The topological polar surface area (TPSA) is 61.5 Å². The Labute approximate surface area is 106 Å². The lowest BCUT2D eigenvalue weighted by Gasteiger charge is -2.21. The Morgan fingerprint density at radius 1 is 1.41 bits per heavy atom. The molecule has 2 fully saturated rings. The molecule has 102 valence electrons. The van der Waals surface area contributed by atoms with Gasteiger partial charge in [0.2, 0.25) is 0 Å². The zero-order valence-corrected chi connectivity index (χ0v) is 11.2. The first-order valence-electron chi connectivity index (χ1n) is 7.09. The van der Waals surface area contributed by atoms with E-state index in [9.17, 15) is 0 Å². The average molecular weight is 243 g/mol. The molecule has 2 rings (SSSR count). The van der Waals surface area contributed by atoms with E-state index >= 15 is 0 Å². The molecule has 0 amide bonds. The third-order valence-electron chi connectivity index (χ3n) is 3.61. The molecule has 0 unspecified atom stereocenters. The normalized spacial score (nSPS) is 29.1. The van der Waals surface area contributed by atoms with Crippen molar-refractivity contribution in [2.24, 2.45) is 5.73 Å². The van der Waals surface area contributed by atoms with Crippen LogP contribution in [0.2, 0.25) is 0 Å². The van der Waals surface area contributed by atoms with Crippen molar-refractivity contribution >= 4 is 0 Å². The van der Waals surface area contributed by atoms with Gasteiger partial charge in [0.1, 0.15) is 0 Å². The van der Waals surface area contributed by atoms with Gasteiger partial charge in [-0.1, -0.05) is 13.3 Å². The molecule has 0 spiro atoms. The van der Waals surface area contributed by atoms with Gasteiger partial charge >= 0.3 is 0 Å². The highest BCUT2D eigenvalue weighted by Crippen LogP contribution is 2.16. The van der Waals surface area contributed by atoms with Gasteiger partial charge in [0.05, 0.1) is 6.61 Å². The van der Waals surface area contributed by atoms with Crippen LogP contribution in [0, 0.1) is 0 Å². The summed E-state index contributed by atoms with van der Waals surface area (Å²) in [5, 5.41) is 12.1. The summed E-state index contributed by atoms with van der Waals surface area (Å²) < 4.78 is 0. The van der Waals surface area contributed by atoms with Gasteiger partial charge in [0.25, 0.3) is 0 Å². The second-order valence-corrected chi connectivity index (χ2v) is 5.12. The van der Waals surface area contributed by atoms with E-state index in [0.29, 0.717) is 18.7 Å². The lowest BCUT2D eigenvalue weighted by Crippen LogP contribution is -2.32. The van der Waals surface area contributed by atoms with Crippen molar-refractivity contribution in [3.8, 4) is 0 Å². The van der Waals surface area contributed by atoms with Gasteiger partial charge < -0.3 is 16.2 Å². The Balaban J connectivity index is 0.000000202. The number of aliphatic hydroxyl groups is 1. The number of likely N-dealkylation sites (tertiary alicyclic amines) is 1. The average Bonchev–Trinajstić information content (AvgIpc) is 2.97. The van der Waals surface area contributed by atoms with Crippen LogP contribution in [-0.4, -0.2) is 54.9 Å². The lowest BCUT2D eigenvalue weighted by molar-refractivity contribution is 0.157. The van der Waals surface area contributed by atoms with Crippen molar-refractivity contribution in [2.45, 2.75) is 51.1 Å². The molecular formula is C13H29N3O. The number of nitrogens with zero attached hydrogens (tertiary/aromatic N) is 1. The molecule has 0 saturated carbocycles. The highest BCUT2D eigenvalue weighted by atomic mass is 16.3. The maximum atomic E-state index is 8.99. The number of aliphatic hydroxyl groups excluding tert-OH is 1. The minimum Gasteiger partial charge on any atom is -0.395 e. The smallest absolute Gasteiger partial charge is 0.0586 e. The van der Waals surface area contributed by atoms with E-state index in [2.05, 4.69) is 17.1 Å².